The van der Waals surface area contributed by atoms with E-state index in [9.17, 15) is 10.1 Å². The van der Waals surface area contributed by atoms with Gasteiger partial charge in [-0.3, -0.25) is 0 Å². The van der Waals surface area contributed by atoms with Crippen molar-refractivity contribution in [1.82, 2.24) is 0 Å². The maximum Gasteiger partial charge on any atom is 0.335 e. The number of carbonyl (C=O) groups is 1. The average molecular weight is 259 g/mol. The smallest absolute Gasteiger partial charge is 0.335 e. The number of hydrogen-bond donors (Lipinski definition) is 0. The maximum absolute atomic E-state index is 11.2. The van der Waals surface area contributed by atoms with Gasteiger partial charge in [-0.1, -0.05) is 26.0 Å². The first-order valence-corrected chi connectivity index (χ1v) is 6.12. The normalized spacial score (nSPS) is 9.53. The van der Waals surface area contributed by atoms with Gasteiger partial charge in [-0.25, -0.2) is 4.79 Å². The average Bonchev–Trinajstić information content (AvgIpc) is 2.44. The number of ether oxygens (including phenoxy) is 2. The fourth-order valence-electron chi connectivity index (χ4n) is 1.75. The number of nitriles is 1. The van der Waals surface area contributed by atoms with E-state index in [0.29, 0.717) is 5.75 Å². The van der Waals surface area contributed by atoms with Crippen molar-refractivity contribution >= 4 is 5.97 Å². The third-order valence-corrected chi connectivity index (χ3v) is 2.69. The molecule has 4 heteroatoms. The Hall–Kier alpha value is -2.28. The van der Waals surface area contributed by atoms with Gasteiger partial charge in [0, 0.05) is 6.08 Å². The monoisotopic (exact) mass is 259 g/mol. The molecule has 4 nitrogen and oxygen atoms in total. The highest BCUT2D eigenvalue weighted by atomic mass is 16.5. The van der Waals surface area contributed by atoms with Crippen LogP contribution in [0.15, 0.2) is 24.8 Å². The third kappa shape index (κ3) is 3.59. The zero-order chi connectivity index (χ0) is 14.3. The summed E-state index contributed by atoms with van der Waals surface area (Å²) in [6, 6.07) is 5.46. The molecule has 0 saturated carbocycles. The van der Waals surface area contributed by atoms with Gasteiger partial charge in [0.25, 0.3) is 0 Å². The molecule has 100 valence electrons. The molecule has 1 aromatic carbocycles. The van der Waals surface area contributed by atoms with Crippen molar-refractivity contribution in [3.8, 4) is 17.6 Å². The van der Waals surface area contributed by atoms with Gasteiger partial charge in [0.15, 0.2) is 5.75 Å². The number of carbonyl (C=O) groups excluding carboxylic acids is 1. The quantitative estimate of drug-likeness (QED) is 0.447. The molecule has 0 radical (unpaired) electrons. The highest BCUT2D eigenvalue weighted by Crippen LogP contribution is 2.32. The molecule has 0 aliphatic heterocycles. The Kier molecular flexibility index (Phi) is 5.62. The molecule has 1 aromatic rings. The number of methoxy groups -OCH3 is 1. The van der Waals surface area contributed by atoms with Crippen molar-refractivity contribution in [2.45, 2.75) is 26.2 Å². The first-order valence-electron chi connectivity index (χ1n) is 6.12. The topological polar surface area (TPSA) is 59.3 Å². The van der Waals surface area contributed by atoms with E-state index < -0.39 is 5.97 Å². The summed E-state index contributed by atoms with van der Waals surface area (Å²) >= 11 is 0. The lowest BCUT2D eigenvalue weighted by Crippen LogP contribution is -2.06. The number of rotatable bonds is 6. The summed E-state index contributed by atoms with van der Waals surface area (Å²) in [5.41, 5.74) is 1.19. The molecule has 0 aliphatic rings. The minimum Gasteiger partial charge on any atom is -0.495 e. The van der Waals surface area contributed by atoms with Gasteiger partial charge in [-0.2, -0.15) is 5.26 Å². The van der Waals surface area contributed by atoms with Crippen LogP contribution in [0.4, 0.5) is 0 Å². The van der Waals surface area contributed by atoms with Gasteiger partial charge in [-0.05, 0) is 24.5 Å². The number of aryl methyl sites for hydroxylation is 1. The summed E-state index contributed by atoms with van der Waals surface area (Å²) in [6.45, 7) is 5.42. The van der Waals surface area contributed by atoms with Crippen LogP contribution in [0.3, 0.4) is 0 Å². The molecule has 0 heterocycles. The first-order chi connectivity index (χ1) is 9.17. The number of unbranched alkanes of at least 4 members (excludes halogenated alkanes) is 1. The zero-order valence-electron chi connectivity index (χ0n) is 11.2. The lowest BCUT2D eigenvalue weighted by atomic mass is 10.0. The van der Waals surface area contributed by atoms with E-state index in [-0.39, 0.29) is 11.3 Å². The molecule has 0 N–H and O–H groups in total. The summed E-state index contributed by atoms with van der Waals surface area (Å²) in [6.07, 6.45) is 3.94. The van der Waals surface area contributed by atoms with E-state index in [1.54, 1.807) is 6.07 Å². The summed E-state index contributed by atoms with van der Waals surface area (Å²) in [5, 5.41) is 9.22. The summed E-state index contributed by atoms with van der Waals surface area (Å²) in [7, 11) is 1.50. The molecule has 0 bridgehead atoms. The van der Waals surface area contributed by atoms with Crippen LogP contribution >= 0.6 is 0 Å². The lowest BCUT2D eigenvalue weighted by molar-refractivity contribution is -0.128. The lowest BCUT2D eigenvalue weighted by Gasteiger charge is -2.12. The van der Waals surface area contributed by atoms with Crippen molar-refractivity contribution < 1.29 is 14.3 Å². The van der Waals surface area contributed by atoms with E-state index in [4.69, 9.17) is 9.47 Å². The molecule has 1 rings (SSSR count). The fraction of sp³-hybridized carbons (Fsp3) is 0.333. The van der Waals surface area contributed by atoms with Gasteiger partial charge in [0.1, 0.15) is 17.4 Å². The Morgan fingerprint density at radius 3 is 2.79 bits per heavy atom. The molecule has 0 amide bonds. The molecule has 0 unspecified atom stereocenters. The van der Waals surface area contributed by atoms with Crippen molar-refractivity contribution in [1.29, 1.82) is 5.26 Å². The van der Waals surface area contributed by atoms with Crippen LogP contribution in [-0.4, -0.2) is 13.1 Å². The number of nitrogens with zero attached hydrogens (tertiary/aromatic N) is 1. The highest BCUT2D eigenvalue weighted by Gasteiger charge is 2.16. The third-order valence-electron chi connectivity index (χ3n) is 2.69. The predicted molar refractivity (Wildman–Crippen MR) is 72.2 cm³/mol. The number of hydrogen-bond acceptors (Lipinski definition) is 4. The molecule has 0 saturated heterocycles. The van der Waals surface area contributed by atoms with E-state index in [0.717, 1.165) is 30.9 Å². The van der Waals surface area contributed by atoms with Crippen molar-refractivity contribution in [2.75, 3.05) is 7.11 Å². The van der Waals surface area contributed by atoms with Crippen LogP contribution in [-0.2, 0) is 11.2 Å². The van der Waals surface area contributed by atoms with Crippen molar-refractivity contribution in [2.24, 2.45) is 0 Å². The SMILES string of the molecule is C=CC(=O)Oc1ccc(CCCC)c(OC)c1C#N. The molecule has 19 heavy (non-hydrogen) atoms. The van der Waals surface area contributed by atoms with Gasteiger partial charge in [0.2, 0.25) is 0 Å². The van der Waals surface area contributed by atoms with Crippen LogP contribution in [0.5, 0.6) is 11.5 Å². The Labute approximate surface area is 113 Å². The fourth-order valence-corrected chi connectivity index (χ4v) is 1.75. The molecule has 0 aliphatic carbocycles. The van der Waals surface area contributed by atoms with Gasteiger partial charge in [0.05, 0.1) is 7.11 Å². The second kappa shape index (κ2) is 7.22. The summed E-state index contributed by atoms with van der Waals surface area (Å²) < 4.78 is 10.3. The summed E-state index contributed by atoms with van der Waals surface area (Å²) in [4.78, 5) is 11.2. The predicted octanol–water partition coefficient (Wildman–Crippen LogP) is 3.00. The van der Waals surface area contributed by atoms with Gasteiger partial charge >= 0.3 is 5.97 Å². The van der Waals surface area contributed by atoms with Crippen LogP contribution in [0.25, 0.3) is 0 Å². The van der Waals surface area contributed by atoms with E-state index in [1.165, 1.54) is 7.11 Å². The standard InChI is InChI=1S/C15H17NO3/c1-4-6-7-11-8-9-13(19-14(17)5-2)12(10-16)15(11)18-3/h5,8-9H,2,4,6-7H2,1,3H3. The molecular weight excluding hydrogens is 242 g/mol. The van der Waals surface area contributed by atoms with E-state index >= 15 is 0 Å². The Bertz CT molecular complexity index is 515. The second-order valence-electron chi connectivity index (χ2n) is 3.97. The molecule has 0 spiro atoms. The van der Waals surface area contributed by atoms with Gasteiger partial charge < -0.3 is 9.47 Å². The second-order valence-corrected chi connectivity index (χ2v) is 3.97. The first kappa shape index (κ1) is 14.8. The largest absolute Gasteiger partial charge is 0.495 e. The van der Waals surface area contributed by atoms with E-state index in [2.05, 4.69) is 13.5 Å². The number of benzene rings is 1. The number of esters is 1. The highest BCUT2D eigenvalue weighted by molar-refractivity contribution is 5.84. The maximum atomic E-state index is 11.2. The Morgan fingerprint density at radius 1 is 1.53 bits per heavy atom. The molecular formula is C15H17NO3. The minimum absolute atomic E-state index is 0.199. The molecule has 0 aromatic heterocycles. The Balaban J connectivity index is 3.19. The summed E-state index contributed by atoms with van der Waals surface area (Å²) in [5.74, 6) is 0.0784. The zero-order valence-corrected chi connectivity index (χ0v) is 11.2. The van der Waals surface area contributed by atoms with E-state index in [1.807, 2.05) is 12.1 Å². The van der Waals surface area contributed by atoms with Crippen LogP contribution in [0.1, 0.15) is 30.9 Å². The molecule has 0 fully saturated rings. The van der Waals surface area contributed by atoms with Crippen molar-refractivity contribution in [3.63, 3.8) is 0 Å². The van der Waals surface area contributed by atoms with Crippen LogP contribution in [0, 0.1) is 11.3 Å². The minimum atomic E-state index is -0.597. The van der Waals surface area contributed by atoms with Gasteiger partial charge in [-0.15, -0.1) is 0 Å². The van der Waals surface area contributed by atoms with Crippen LogP contribution < -0.4 is 9.47 Å². The van der Waals surface area contributed by atoms with Crippen molar-refractivity contribution in [3.05, 3.63) is 35.9 Å². The Morgan fingerprint density at radius 2 is 2.26 bits per heavy atom. The van der Waals surface area contributed by atoms with Crippen LogP contribution in [0.2, 0.25) is 0 Å². The molecule has 0 atom stereocenters.